The van der Waals surface area contributed by atoms with Crippen LogP contribution in [0.5, 0.6) is 0 Å². The standard InChI is InChI=1S/C13H12ClN7/c1-8-3-4-9(2)10(5-8)17-12-18-11(14)19-13(20-12)21-7-15-6-16-21/h3-7H,1-2H3,(H,17,18,19,20). The van der Waals surface area contributed by atoms with E-state index in [4.69, 9.17) is 11.6 Å². The molecule has 3 rings (SSSR count). The molecule has 0 bridgehead atoms. The molecular formula is C13H12ClN7. The Morgan fingerprint density at radius 2 is 2.00 bits per heavy atom. The Balaban J connectivity index is 1.97. The third kappa shape index (κ3) is 2.97. The lowest BCUT2D eigenvalue weighted by molar-refractivity contribution is 0.796. The zero-order valence-electron chi connectivity index (χ0n) is 11.4. The second kappa shape index (κ2) is 5.45. The van der Waals surface area contributed by atoms with Gasteiger partial charge in [0.15, 0.2) is 0 Å². The Kier molecular flexibility index (Phi) is 3.49. The van der Waals surface area contributed by atoms with Gasteiger partial charge in [-0.2, -0.15) is 24.7 Å². The number of hydrogen-bond donors (Lipinski definition) is 1. The Bertz CT molecular complexity index is 770. The first-order chi connectivity index (χ1) is 10.1. The molecule has 0 amide bonds. The highest BCUT2D eigenvalue weighted by molar-refractivity contribution is 6.28. The van der Waals surface area contributed by atoms with Crippen molar-refractivity contribution in [3.63, 3.8) is 0 Å². The Labute approximate surface area is 126 Å². The quantitative estimate of drug-likeness (QED) is 0.800. The smallest absolute Gasteiger partial charge is 0.258 e. The molecule has 8 heteroatoms. The molecule has 106 valence electrons. The summed E-state index contributed by atoms with van der Waals surface area (Å²) in [5.74, 6) is 0.662. The SMILES string of the molecule is Cc1ccc(C)c(Nc2nc(Cl)nc(-n3cncn3)n2)c1. The molecule has 0 radical (unpaired) electrons. The Hall–Kier alpha value is -2.54. The van der Waals surface area contributed by atoms with Crippen LogP contribution in [0.15, 0.2) is 30.9 Å². The summed E-state index contributed by atoms with van der Waals surface area (Å²) in [6, 6.07) is 6.09. The fraction of sp³-hybridized carbons (Fsp3) is 0.154. The molecule has 0 fully saturated rings. The van der Waals surface area contributed by atoms with Crippen molar-refractivity contribution in [1.29, 1.82) is 0 Å². The summed E-state index contributed by atoms with van der Waals surface area (Å²) in [4.78, 5) is 16.2. The molecule has 1 aromatic carbocycles. The summed E-state index contributed by atoms with van der Waals surface area (Å²) >= 11 is 5.94. The Morgan fingerprint density at radius 1 is 1.14 bits per heavy atom. The van der Waals surface area contributed by atoms with Crippen molar-refractivity contribution in [3.05, 3.63) is 47.3 Å². The molecule has 21 heavy (non-hydrogen) atoms. The third-order valence-electron chi connectivity index (χ3n) is 2.86. The highest BCUT2D eigenvalue weighted by Gasteiger charge is 2.09. The highest BCUT2D eigenvalue weighted by atomic mass is 35.5. The fourth-order valence-corrected chi connectivity index (χ4v) is 1.96. The van der Waals surface area contributed by atoms with Crippen molar-refractivity contribution in [2.75, 3.05) is 5.32 Å². The van der Waals surface area contributed by atoms with Gasteiger partial charge in [0, 0.05) is 5.69 Å². The average Bonchev–Trinajstić information content (AvgIpc) is 2.96. The largest absolute Gasteiger partial charge is 0.324 e. The van der Waals surface area contributed by atoms with Crippen molar-refractivity contribution < 1.29 is 0 Å². The van der Waals surface area contributed by atoms with Crippen molar-refractivity contribution in [3.8, 4) is 5.95 Å². The number of aromatic nitrogens is 6. The topological polar surface area (TPSA) is 81.4 Å². The van der Waals surface area contributed by atoms with Crippen LogP contribution in [0, 0.1) is 13.8 Å². The minimum Gasteiger partial charge on any atom is -0.324 e. The summed E-state index contributed by atoms with van der Waals surface area (Å²) < 4.78 is 1.42. The molecule has 0 saturated carbocycles. The van der Waals surface area contributed by atoms with E-state index in [2.05, 4.69) is 30.4 Å². The van der Waals surface area contributed by atoms with E-state index in [-0.39, 0.29) is 5.28 Å². The number of nitrogens with one attached hydrogen (secondary N) is 1. The van der Waals surface area contributed by atoms with Crippen LogP contribution < -0.4 is 5.32 Å². The summed E-state index contributed by atoms with van der Waals surface area (Å²) in [5, 5.41) is 7.21. The lowest BCUT2D eigenvalue weighted by atomic mass is 10.1. The number of hydrogen-bond acceptors (Lipinski definition) is 6. The van der Waals surface area contributed by atoms with Crippen LogP contribution in [-0.4, -0.2) is 29.7 Å². The molecule has 0 atom stereocenters. The molecule has 0 aliphatic heterocycles. The van der Waals surface area contributed by atoms with Gasteiger partial charge in [0.2, 0.25) is 11.2 Å². The van der Waals surface area contributed by atoms with E-state index < -0.39 is 0 Å². The van der Waals surface area contributed by atoms with Gasteiger partial charge in [-0.05, 0) is 42.6 Å². The van der Waals surface area contributed by atoms with Crippen molar-refractivity contribution >= 4 is 23.2 Å². The zero-order chi connectivity index (χ0) is 14.8. The summed E-state index contributed by atoms with van der Waals surface area (Å²) in [6.07, 6.45) is 2.89. The maximum Gasteiger partial charge on any atom is 0.258 e. The number of rotatable bonds is 3. The first-order valence-electron chi connectivity index (χ1n) is 6.23. The normalized spacial score (nSPS) is 10.6. The number of nitrogens with zero attached hydrogens (tertiary/aromatic N) is 6. The van der Waals surface area contributed by atoms with Crippen LogP contribution >= 0.6 is 11.6 Å². The molecule has 0 aliphatic carbocycles. The predicted octanol–water partition coefficient (Wildman–Crippen LogP) is 2.47. The van der Waals surface area contributed by atoms with Gasteiger partial charge in [0.1, 0.15) is 12.7 Å². The van der Waals surface area contributed by atoms with Crippen LogP contribution in [-0.2, 0) is 0 Å². The van der Waals surface area contributed by atoms with Gasteiger partial charge in [-0.15, -0.1) is 0 Å². The van der Waals surface area contributed by atoms with E-state index in [1.54, 1.807) is 0 Å². The van der Waals surface area contributed by atoms with Gasteiger partial charge in [0.25, 0.3) is 5.95 Å². The van der Waals surface area contributed by atoms with Gasteiger partial charge >= 0.3 is 0 Å². The number of anilines is 2. The average molecular weight is 302 g/mol. The van der Waals surface area contributed by atoms with Crippen LogP contribution in [0.4, 0.5) is 11.6 Å². The number of halogens is 1. The minimum absolute atomic E-state index is 0.0864. The molecule has 0 aliphatic rings. The lowest BCUT2D eigenvalue weighted by Gasteiger charge is -2.10. The molecule has 0 saturated heterocycles. The maximum atomic E-state index is 5.94. The van der Waals surface area contributed by atoms with E-state index in [0.717, 1.165) is 16.8 Å². The Morgan fingerprint density at radius 3 is 2.76 bits per heavy atom. The molecule has 3 aromatic rings. The molecular weight excluding hydrogens is 290 g/mol. The van der Waals surface area contributed by atoms with Gasteiger partial charge < -0.3 is 5.32 Å². The van der Waals surface area contributed by atoms with Crippen LogP contribution in [0.25, 0.3) is 5.95 Å². The van der Waals surface area contributed by atoms with E-state index in [9.17, 15) is 0 Å². The second-order valence-electron chi connectivity index (χ2n) is 4.51. The summed E-state index contributed by atoms with van der Waals surface area (Å²) in [7, 11) is 0. The number of aryl methyl sites for hydroxylation is 2. The minimum atomic E-state index is 0.0864. The van der Waals surface area contributed by atoms with Gasteiger partial charge in [-0.1, -0.05) is 12.1 Å². The molecule has 0 unspecified atom stereocenters. The van der Waals surface area contributed by atoms with E-state index in [1.165, 1.54) is 17.3 Å². The van der Waals surface area contributed by atoms with Gasteiger partial charge in [0.05, 0.1) is 0 Å². The van der Waals surface area contributed by atoms with Crippen LogP contribution in [0.2, 0.25) is 5.28 Å². The highest BCUT2D eigenvalue weighted by Crippen LogP contribution is 2.20. The first-order valence-corrected chi connectivity index (χ1v) is 6.60. The number of benzene rings is 1. The third-order valence-corrected chi connectivity index (χ3v) is 3.03. The molecule has 2 aromatic heterocycles. The van der Waals surface area contributed by atoms with Crippen molar-refractivity contribution in [2.45, 2.75) is 13.8 Å². The molecule has 2 heterocycles. The molecule has 1 N–H and O–H groups in total. The van der Waals surface area contributed by atoms with Crippen molar-refractivity contribution in [1.82, 2.24) is 29.7 Å². The summed E-state index contributed by atoms with van der Waals surface area (Å²) in [5.41, 5.74) is 3.14. The molecule has 0 spiro atoms. The predicted molar refractivity (Wildman–Crippen MR) is 79.0 cm³/mol. The maximum absolute atomic E-state index is 5.94. The van der Waals surface area contributed by atoms with E-state index in [0.29, 0.717) is 11.9 Å². The first kappa shape index (κ1) is 13.4. The zero-order valence-corrected chi connectivity index (χ0v) is 12.2. The monoisotopic (exact) mass is 301 g/mol. The van der Waals surface area contributed by atoms with Gasteiger partial charge in [-0.3, -0.25) is 0 Å². The van der Waals surface area contributed by atoms with Crippen molar-refractivity contribution in [2.24, 2.45) is 0 Å². The fourth-order valence-electron chi connectivity index (χ4n) is 1.80. The summed E-state index contributed by atoms with van der Waals surface area (Å²) in [6.45, 7) is 4.02. The molecule has 7 nitrogen and oxygen atoms in total. The van der Waals surface area contributed by atoms with E-state index in [1.807, 2.05) is 32.0 Å². The van der Waals surface area contributed by atoms with Crippen LogP contribution in [0.3, 0.4) is 0 Å². The van der Waals surface area contributed by atoms with Crippen LogP contribution in [0.1, 0.15) is 11.1 Å². The lowest BCUT2D eigenvalue weighted by Crippen LogP contribution is -2.07. The van der Waals surface area contributed by atoms with Gasteiger partial charge in [-0.25, -0.2) is 4.98 Å². The van der Waals surface area contributed by atoms with E-state index >= 15 is 0 Å². The second-order valence-corrected chi connectivity index (χ2v) is 4.85.